The number of ether oxygens (including phenoxy) is 1. The summed E-state index contributed by atoms with van der Waals surface area (Å²) in [5.74, 6) is -0.682. The van der Waals surface area contributed by atoms with Crippen molar-refractivity contribution in [3.8, 4) is 0 Å². The number of amides is 1. The van der Waals surface area contributed by atoms with Crippen LogP contribution in [0.5, 0.6) is 0 Å². The SMILES string of the molecule is COC(=O)C(Br)CN(CC(N)=O)C1CCCC1. The number of halogens is 1. The quantitative estimate of drug-likeness (QED) is 0.578. The smallest absolute Gasteiger partial charge is 0.320 e. The van der Waals surface area contributed by atoms with Gasteiger partial charge < -0.3 is 10.5 Å². The number of methoxy groups -OCH3 is 1. The Hall–Kier alpha value is -0.620. The number of hydrogen-bond donors (Lipinski definition) is 1. The van der Waals surface area contributed by atoms with Gasteiger partial charge in [0.15, 0.2) is 0 Å². The van der Waals surface area contributed by atoms with Crippen LogP contribution in [-0.2, 0) is 14.3 Å². The second-order valence-electron chi connectivity index (χ2n) is 4.32. The molecule has 17 heavy (non-hydrogen) atoms. The van der Waals surface area contributed by atoms with Crippen molar-refractivity contribution in [2.75, 3.05) is 20.2 Å². The second kappa shape index (κ2) is 6.96. The van der Waals surface area contributed by atoms with Crippen molar-refractivity contribution in [2.45, 2.75) is 36.6 Å². The summed E-state index contributed by atoms with van der Waals surface area (Å²) in [6, 6.07) is 0.354. The highest BCUT2D eigenvalue weighted by atomic mass is 79.9. The van der Waals surface area contributed by atoms with Crippen LogP contribution in [0.3, 0.4) is 0 Å². The third-order valence-corrected chi connectivity index (χ3v) is 3.72. The van der Waals surface area contributed by atoms with E-state index in [0.717, 1.165) is 12.8 Å². The Bertz CT molecular complexity index is 280. The fraction of sp³-hybridized carbons (Fsp3) is 0.818. The minimum absolute atomic E-state index is 0.198. The molecule has 0 heterocycles. The van der Waals surface area contributed by atoms with E-state index in [1.807, 2.05) is 4.90 Å². The summed E-state index contributed by atoms with van der Waals surface area (Å²) in [5.41, 5.74) is 5.23. The number of carbonyl (C=O) groups excluding carboxylic acids is 2. The first-order chi connectivity index (χ1) is 8.04. The standard InChI is InChI=1S/C11H19BrN2O3/c1-17-11(16)9(12)6-14(7-10(13)15)8-4-2-3-5-8/h8-9H,2-7H2,1H3,(H2,13,15). The molecular weight excluding hydrogens is 288 g/mol. The molecule has 2 N–H and O–H groups in total. The third-order valence-electron chi connectivity index (χ3n) is 3.05. The lowest BCUT2D eigenvalue weighted by Crippen LogP contribution is -2.44. The van der Waals surface area contributed by atoms with Crippen LogP contribution in [0.1, 0.15) is 25.7 Å². The van der Waals surface area contributed by atoms with E-state index in [-0.39, 0.29) is 18.4 Å². The van der Waals surface area contributed by atoms with E-state index < -0.39 is 4.83 Å². The lowest BCUT2D eigenvalue weighted by atomic mass is 10.2. The Balaban J connectivity index is 2.56. The third kappa shape index (κ3) is 4.63. The summed E-state index contributed by atoms with van der Waals surface area (Å²) < 4.78 is 4.65. The summed E-state index contributed by atoms with van der Waals surface area (Å²) in [4.78, 5) is 23.9. The van der Waals surface area contributed by atoms with Crippen molar-refractivity contribution in [1.29, 1.82) is 0 Å². The fourth-order valence-electron chi connectivity index (χ4n) is 2.22. The normalized spacial score (nSPS) is 18.3. The molecule has 98 valence electrons. The van der Waals surface area contributed by atoms with Crippen molar-refractivity contribution in [2.24, 2.45) is 5.73 Å². The van der Waals surface area contributed by atoms with Gasteiger partial charge in [0, 0.05) is 12.6 Å². The summed E-state index contributed by atoms with van der Waals surface area (Å²) in [7, 11) is 1.35. The predicted octanol–water partition coefficient (Wildman–Crippen LogP) is 0.653. The van der Waals surface area contributed by atoms with E-state index in [2.05, 4.69) is 20.7 Å². The van der Waals surface area contributed by atoms with Crippen LogP contribution in [-0.4, -0.2) is 47.8 Å². The van der Waals surface area contributed by atoms with Gasteiger partial charge in [-0.1, -0.05) is 28.8 Å². The average molecular weight is 307 g/mol. The molecule has 1 atom stereocenters. The van der Waals surface area contributed by atoms with Crippen LogP contribution in [0.25, 0.3) is 0 Å². The van der Waals surface area contributed by atoms with E-state index in [1.165, 1.54) is 20.0 Å². The average Bonchev–Trinajstić information content (AvgIpc) is 2.79. The minimum Gasteiger partial charge on any atom is -0.468 e. The first-order valence-corrected chi connectivity index (χ1v) is 6.70. The molecule has 0 spiro atoms. The maximum atomic E-state index is 11.3. The van der Waals surface area contributed by atoms with Crippen LogP contribution in [0.4, 0.5) is 0 Å². The number of nitrogens with two attached hydrogens (primary N) is 1. The van der Waals surface area contributed by atoms with Gasteiger partial charge in [-0.25, -0.2) is 0 Å². The first kappa shape index (κ1) is 14.4. The van der Waals surface area contributed by atoms with Gasteiger partial charge in [-0.3, -0.25) is 14.5 Å². The number of hydrogen-bond acceptors (Lipinski definition) is 4. The fourth-order valence-corrected chi connectivity index (χ4v) is 2.78. The molecule has 5 nitrogen and oxygen atoms in total. The molecule has 0 saturated heterocycles. The Morgan fingerprint density at radius 2 is 2.06 bits per heavy atom. The van der Waals surface area contributed by atoms with Crippen molar-refractivity contribution in [3.63, 3.8) is 0 Å². The Morgan fingerprint density at radius 1 is 1.47 bits per heavy atom. The number of primary amides is 1. The molecule has 1 aliphatic carbocycles. The Kier molecular flexibility index (Phi) is 5.91. The van der Waals surface area contributed by atoms with Gasteiger partial charge >= 0.3 is 5.97 Å². The van der Waals surface area contributed by atoms with E-state index in [1.54, 1.807) is 0 Å². The van der Waals surface area contributed by atoms with Gasteiger partial charge in [-0.2, -0.15) is 0 Å². The second-order valence-corrected chi connectivity index (χ2v) is 5.43. The molecule has 0 aliphatic heterocycles. The maximum absolute atomic E-state index is 11.3. The largest absolute Gasteiger partial charge is 0.468 e. The Morgan fingerprint density at radius 3 is 2.53 bits per heavy atom. The number of alkyl halides is 1. The van der Waals surface area contributed by atoms with Crippen LogP contribution in [0.2, 0.25) is 0 Å². The van der Waals surface area contributed by atoms with Gasteiger partial charge in [-0.15, -0.1) is 0 Å². The highest BCUT2D eigenvalue weighted by molar-refractivity contribution is 9.10. The zero-order chi connectivity index (χ0) is 12.8. The highest BCUT2D eigenvalue weighted by Crippen LogP contribution is 2.24. The molecule has 0 aromatic rings. The molecule has 1 rings (SSSR count). The van der Waals surface area contributed by atoms with Crippen LogP contribution >= 0.6 is 15.9 Å². The molecule has 1 amide bonds. The van der Waals surface area contributed by atoms with Gasteiger partial charge in [0.05, 0.1) is 13.7 Å². The summed E-state index contributed by atoms with van der Waals surface area (Å²) in [6.07, 6.45) is 4.47. The first-order valence-electron chi connectivity index (χ1n) is 5.79. The minimum atomic E-state index is -0.410. The lowest BCUT2D eigenvalue weighted by molar-refractivity contribution is -0.140. The van der Waals surface area contributed by atoms with Gasteiger partial charge in [0.25, 0.3) is 0 Å². The van der Waals surface area contributed by atoms with Crippen molar-refractivity contribution < 1.29 is 14.3 Å². The molecule has 0 bridgehead atoms. The molecule has 1 aliphatic rings. The number of nitrogens with zero attached hydrogens (tertiary/aromatic N) is 1. The zero-order valence-corrected chi connectivity index (χ0v) is 11.6. The lowest BCUT2D eigenvalue weighted by Gasteiger charge is -2.28. The predicted molar refractivity (Wildman–Crippen MR) is 67.8 cm³/mol. The molecule has 1 unspecified atom stereocenters. The topological polar surface area (TPSA) is 72.6 Å². The van der Waals surface area contributed by atoms with Crippen molar-refractivity contribution in [1.82, 2.24) is 4.90 Å². The maximum Gasteiger partial charge on any atom is 0.320 e. The van der Waals surface area contributed by atoms with Gasteiger partial charge in [0.2, 0.25) is 5.91 Å². The summed E-state index contributed by atoms with van der Waals surface area (Å²) in [5, 5.41) is 0. The van der Waals surface area contributed by atoms with Crippen LogP contribution in [0, 0.1) is 0 Å². The van der Waals surface area contributed by atoms with Crippen molar-refractivity contribution in [3.05, 3.63) is 0 Å². The van der Waals surface area contributed by atoms with E-state index in [4.69, 9.17) is 5.73 Å². The molecule has 0 aromatic carbocycles. The molecule has 0 aromatic heterocycles. The number of rotatable bonds is 6. The van der Waals surface area contributed by atoms with E-state index in [0.29, 0.717) is 12.6 Å². The summed E-state index contributed by atoms with van der Waals surface area (Å²) in [6.45, 7) is 0.657. The van der Waals surface area contributed by atoms with Crippen LogP contribution in [0.15, 0.2) is 0 Å². The number of esters is 1. The van der Waals surface area contributed by atoms with Crippen LogP contribution < -0.4 is 5.73 Å². The zero-order valence-electron chi connectivity index (χ0n) is 10.0. The molecule has 6 heteroatoms. The molecule has 1 fully saturated rings. The van der Waals surface area contributed by atoms with E-state index >= 15 is 0 Å². The van der Waals surface area contributed by atoms with Gasteiger partial charge in [-0.05, 0) is 12.8 Å². The highest BCUT2D eigenvalue weighted by Gasteiger charge is 2.27. The monoisotopic (exact) mass is 306 g/mol. The Labute approximate surface area is 110 Å². The molecular formula is C11H19BrN2O3. The molecule has 0 radical (unpaired) electrons. The number of carbonyl (C=O) groups is 2. The van der Waals surface area contributed by atoms with Crippen molar-refractivity contribution >= 4 is 27.8 Å². The van der Waals surface area contributed by atoms with Gasteiger partial charge in [0.1, 0.15) is 4.83 Å². The van der Waals surface area contributed by atoms with E-state index in [9.17, 15) is 9.59 Å². The molecule has 1 saturated carbocycles. The summed E-state index contributed by atoms with van der Waals surface area (Å²) >= 11 is 3.27.